The normalized spacial score (nSPS) is 13.9. The molecule has 104 valence electrons. The molecule has 0 aliphatic heterocycles. The van der Waals surface area contributed by atoms with Crippen LogP contribution >= 0.6 is 0 Å². The van der Waals surface area contributed by atoms with E-state index in [1.807, 2.05) is 0 Å². The third kappa shape index (κ3) is 8.62. The molecular weight excluding hydrogens is 208 g/mol. The topological polar surface area (TPSA) is 38.0 Å². The van der Waals surface area contributed by atoms with Crippen molar-refractivity contribution in [3.05, 3.63) is 0 Å². The Kier molecular flexibility index (Phi) is 9.85. The minimum atomic E-state index is 0.777. The Labute approximate surface area is 109 Å². The predicted molar refractivity (Wildman–Crippen MR) is 78.1 cm³/mol. The molecule has 0 saturated carbocycles. The number of rotatable bonds is 10. The smallest absolute Gasteiger partial charge is 0.00156 e. The first kappa shape index (κ1) is 16.9. The first-order valence-electron chi connectivity index (χ1n) is 7.39. The highest BCUT2D eigenvalue weighted by molar-refractivity contribution is 4.69. The zero-order valence-corrected chi connectivity index (χ0v) is 12.6. The number of hydrogen-bond acceptors (Lipinski definition) is 2. The largest absolute Gasteiger partial charge is 0.330 e. The van der Waals surface area contributed by atoms with Gasteiger partial charge in [-0.1, -0.05) is 34.6 Å². The lowest BCUT2D eigenvalue weighted by molar-refractivity contribution is 0.275. The van der Waals surface area contributed by atoms with E-state index in [2.05, 4.69) is 39.9 Å². The molecule has 0 aliphatic carbocycles. The van der Waals surface area contributed by atoms with Crippen LogP contribution in [0.25, 0.3) is 0 Å². The lowest BCUT2D eigenvalue weighted by Crippen LogP contribution is -2.30. The van der Waals surface area contributed by atoms with Crippen LogP contribution in [0.1, 0.15) is 53.9 Å². The molecule has 0 heterocycles. The van der Waals surface area contributed by atoms with E-state index in [4.69, 9.17) is 5.73 Å². The van der Waals surface area contributed by atoms with Crippen molar-refractivity contribution in [1.82, 2.24) is 5.32 Å². The second-order valence-corrected chi connectivity index (χ2v) is 6.18. The quantitative estimate of drug-likeness (QED) is 0.577. The monoisotopic (exact) mass is 242 g/mol. The summed E-state index contributed by atoms with van der Waals surface area (Å²) >= 11 is 0. The Morgan fingerprint density at radius 1 is 0.941 bits per heavy atom. The lowest BCUT2D eigenvalue weighted by Gasteiger charge is -2.25. The number of nitrogens with two attached hydrogens (primary N) is 1. The van der Waals surface area contributed by atoms with Crippen LogP contribution < -0.4 is 11.1 Å². The first-order chi connectivity index (χ1) is 7.99. The molecule has 0 spiro atoms. The summed E-state index contributed by atoms with van der Waals surface area (Å²) in [7, 11) is 0. The van der Waals surface area contributed by atoms with Crippen LogP contribution in [0.4, 0.5) is 0 Å². The molecule has 0 fully saturated rings. The van der Waals surface area contributed by atoms with E-state index in [0.29, 0.717) is 0 Å². The van der Waals surface area contributed by atoms with Gasteiger partial charge in [0.25, 0.3) is 0 Å². The molecule has 2 heteroatoms. The van der Waals surface area contributed by atoms with Crippen molar-refractivity contribution in [2.75, 3.05) is 19.6 Å². The Balaban J connectivity index is 3.55. The Morgan fingerprint density at radius 2 is 1.53 bits per heavy atom. The maximum atomic E-state index is 5.55. The molecule has 0 aromatic heterocycles. The van der Waals surface area contributed by atoms with Crippen LogP contribution in [0, 0.1) is 23.7 Å². The fraction of sp³-hybridized carbons (Fsp3) is 1.00. The summed E-state index contributed by atoms with van der Waals surface area (Å²) in [6, 6.07) is 0. The third-order valence-electron chi connectivity index (χ3n) is 3.80. The van der Waals surface area contributed by atoms with E-state index in [1.165, 1.54) is 25.8 Å². The highest BCUT2D eigenvalue weighted by atomic mass is 14.9. The summed E-state index contributed by atoms with van der Waals surface area (Å²) in [5.41, 5.74) is 5.55. The van der Waals surface area contributed by atoms with Gasteiger partial charge in [-0.2, -0.15) is 0 Å². The molecule has 0 saturated heterocycles. The van der Waals surface area contributed by atoms with Gasteiger partial charge in [0.1, 0.15) is 0 Å². The summed E-state index contributed by atoms with van der Waals surface area (Å²) in [5.74, 6) is 3.14. The van der Waals surface area contributed by atoms with Crippen molar-refractivity contribution in [3.63, 3.8) is 0 Å². The van der Waals surface area contributed by atoms with Crippen molar-refractivity contribution >= 4 is 0 Å². The van der Waals surface area contributed by atoms with Crippen molar-refractivity contribution in [3.8, 4) is 0 Å². The van der Waals surface area contributed by atoms with Gasteiger partial charge in [-0.05, 0) is 62.6 Å². The van der Waals surface area contributed by atoms with E-state index in [9.17, 15) is 0 Å². The minimum Gasteiger partial charge on any atom is -0.330 e. The van der Waals surface area contributed by atoms with Crippen LogP contribution in [0.15, 0.2) is 0 Å². The van der Waals surface area contributed by atoms with Gasteiger partial charge in [-0.25, -0.2) is 0 Å². The van der Waals surface area contributed by atoms with Gasteiger partial charge in [-0.15, -0.1) is 0 Å². The van der Waals surface area contributed by atoms with Crippen molar-refractivity contribution in [2.24, 2.45) is 29.4 Å². The Bertz CT molecular complexity index is 158. The maximum absolute atomic E-state index is 5.55. The van der Waals surface area contributed by atoms with Crippen LogP contribution in [0.5, 0.6) is 0 Å². The molecule has 17 heavy (non-hydrogen) atoms. The van der Waals surface area contributed by atoms with Gasteiger partial charge in [-0.3, -0.25) is 0 Å². The summed E-state index contributed by atoms with van der Waals surface area (Å²) in [5, 5.41) is 3.61. The molecule has 2 nitrogen and oxygen atoms in total. The summed E-state index contributed by atoms with van der Waals surface area (Å²) < 4.78 is 0. The molecule has 3 N–H and O–H groups in total. The SMILES string of the molecule is CC(CCN)CCCNCC(C(C)C)C(C)C. The summed E-state index contributed by atoms with van der Waals surface area (Å²) in [6.07, 6.45) is 3.75. The van der Waals surface area contributed by atoms with Crippen molar-refractivity contribution in [2.45, 2.75) is 53.9 Å². The second-order valence-electron chi connectivity index (χ2n) is 6.18. The average Bonchev–Trinajstić information content (AvgIpc) is 2.22. The van der Waals surface area contributed by atoms with Crippen LogP contribution in [0.3, 0.4) is 0 Å². The Morgan fingerprint density at radius 3 is 2.00 bits per heavy atom. The Hall–Kier alpha value is -0.0800. The minimum absolute atomic E-state index is 0.777. The number of hydrogen-bond donors (Lipinski definition) is 2. The standard InChI is InChI=1S/C15H34N2/c1-12(2)15(13(3)4)11-17-10-6-7-14(5)8-9-16/h12-15,17H,6-11,16H2,1-5H3. The zero-order chi connectivity index (χ0) is 13.3. The van der Waals surface area contributed by atoms with Gasteiger partial charge < -0.3 is 11.1 Å². The van der Waals surface area contributed by atoms with E-state index < -0.39 is 0 Å². The third-order valence-corrected chi connectivity index (χ3v) is 3.80. The highest BCUT2D eigenvalue weighted by Gasteiger charge is 2.16. The van der Waals surface area contributed by atoms with Crippen LogP contribution in [-0.2, 0) is 0 Å². The molecule has 0 rings (SSSR count). The summed E-state index contributed by atoms with van der Waals surface area (Å²) in [6.45, 7) is 14.8. The van der Waals surface area contributed by atoms with E-state index in [0.717, 1.165) is 36.8 Å². The van der Waals surface area contributed by atoms with Gasteiger partial charge in [0.05, 0.1) is 0 Å². The highest BCUT2D eigenvalue weighted by Crippen LogP contribution is 2.19. The molecule has 0 radical (unpaired) electrons. The van der Waals surface area contributed by atoms with Gasteiger partial charge in [0.2, 0.25) is 0 Å². The van der Waals surface area contributed by atoms with Crippen LogP contribution in [-0.4, -0.2) is 19.6 Å². The molecule has 0 aromatic carbocycles. The predicted octanol–water partition coefficient (Wildman–Crippen LogP) is 3.27. The average molecular weight is 242 g/mol. The van der Waals surface area contributed by atoms with Gasteiger partial charge in [0, 0.05) is 0 Å². The van der Waals surface area contributed by atoms with E-state index >= 15 is 0 Å². The zero-order valence-electron chi connectivity index (χ0n) is 12.6. The molecule has 1 atom stereocenters. The second kappa shape index (κ2) is 9.90. The molecular formula is C15H34N2. The molecule has 1 unspecified atom stereocenters. The molecule has 0 aliphatic rings. The molecule has 0 amide bonds. The van der Waals surface area contributed by atoms with Crippen molar-refractivity contribution in [1.29, 1.82) is 0 Å². The fourth-order valence-electron chi connectivity index (χ4n) is 2.51. The lowest BCUT2D eigenvalue weighted by atomic mass is 9.85. The van der Waals surface area contributed by atoms with E-state index in [-0.39, 0.29) is 0 Å². The van der Waals surface area contributed by atoms with Gasteiger partial charge in [0.15, 0.2) is 0 Å². The maximum Gasteiger partial charge on any atom is -0.00156 e. The molecule has 0 bridgehead atoms. The summed E-state index contributed by atoms with van der Waals surface area (Å²) in [4.78, 5) is 0. The molecule has 0 aromatic rings. The fourth-order valence-corrected chi connectivity index (χ4v) is 2.51. The van der Waals surface area contributed by atoms with E-state index in [1.54, 1.807) is 0 Å². The van der Waals surface area contributed by atoms with Crippen molar-refractivity contribution < 1.29 is 0 Å². The first-order valence-corrected chi connectivity index (χ1v) is 7.39. The van der Waals surface area contributed by atoms with Crippen LogP contribution in [0.2, 0.25) is 0 Å². The van der Waals surface area contributed by atoms with Gasteiger partial charge >= 0.3 is 0 Å². The number of nitrogens with one attached hydrogen (secondary N) is 1.